The molecule has 0 bridgehead atoms. The van der Waals surface area contributed by atoms with Crippen LogP contribution in [-0.2, 0) is 21.9 Å². The number of amides is 1. The zero-order chi connectivity index (χ0) is 24.0. The monoisotopic (exact) mass is 495 g/mol. The Morgan fingerprint density at radius 3 is 2.59 bits per heavy atom. The number of carbonyl (C=O) groups is 1. The molecule has 2 heterocycles. The molecule has 1 aromatic heterocycles. The van der Waals surface area contributed by atoms with Crippen LogP contribution < -0.4 is 19.2 Å². The minimum atomic E-state index is -3.92. The van der Waals surface area contributed by atoms with Gasteiger partial charge in [0.1, 0.15) is 5.75 Å². The van der Waals surface area contributed by atoms with Gasteiger partial charge in [-0.25, -0.2) is 8.42 Å². The highest BCUT2D eigenvalue weighted by Gasteiger charge is 2.37. The van der Waals surface area contributed by atoms with E-state index in [9.17, 15) is 18.0 Å². The third-order valence-corrected chi connectivity index (χ3v) is 8.49. The zero-order valence-corrected chi connectivity index (χ0v) is 20.0. The lowest BCUT2D eigenvalue weighted by atomic mass is 10.2. The number of fused-ring (bicyclic) bond motifs is 2. The number of sulfonamides is 1. The summed E-state index contributed by atoms with van der Waals surface area (Å²) in [5.74, 6) is -0.178. The molecular weight excluding hydrogens is 474 g/mol. The highest BCUT2D eigenvalue weighted by atomic mass is 32.2. The number of aryl methyl sites for hydroxylation is 2. The SMILES string of the molecule is Cc1ccc(S(=O)(=O)N2CC(C(=O)Nc3ccc4c(c3)sc(=O)n4C)Oc3ccccc32)cc1. The second-order valence-electron chi connectivity index (χ2n) is 8.02. The highest BCUT2D eigenvalue weighted by Crippen LogP contribution is 2.37. The van der Waals surface area contributed by atoms with Crippen molar-refractivity contribution in [2.45, 2.75) is 17.9 Å². The van der Waals surface area contributed by atoms with E-state index in [-0.39, 0.29) is 16.3 Å². The normalized spacial score (nSPS) is 15.6. The number of hydrogen-bond donors (Lipinski definition) is 1. The molecule has 1 atom stereocenters. The number of benzene rings is 3. The molecule has 5 rings (SSSR count). The van der Waals surface area contributed by atoms with Crippen molar-refractivity contribution >= 4 is 48.9 Å². The second-order valence-corrected chi connectivity index (χ2v) is 10.9. The van der Waals surface area contributed by atoms with Crippen molar-refractivity contribution in [3.8, 4) is 5.75 Å². The molecule has 3 aromatic carbocycles. The van der Waals surface area contributed by atoms with Gasteiger partial charge >= 0.3 is 4.87 Å². The zero-order valence-electron chi connectivity index (χ0n) is 18.4. The summed E-state index contributed by atoms with van der Waals surface area (Å²) in [6.07, 6.45) is -1.07. The van der Waals surface area contributed by atoms with Gasteiger partial charge < -0.3 is 14.6 Å². The van der Waals surface area contributed by atoms with Crippen molar-refractivity contribution in [2.75, 3.05) is 16.2 Å². The van der Waals surface area contributed by atoms with Gasteiger partial charge in [-0.3, -0.25) is 13.9 Å². The number of nitrogens with one attached hydrogen (secondary N) is 1. The average Bonchev–Trinajstić information content (AvgIpc) is 3.11. The van der Waals surface area contributed by atoms with E-state index >= 15 is 0 Å². The van der Waals surface area contributed by atoms with Gasteiger partial charge in [0.2, 0.25) is 0 Å². The topological polar surface area (TPSA) is 97.7 Å². The summed E-state index contributed by atoms with van der Waals surface area (Å²) in [5, 5.41) is 2.79. The third-order valence-electron chi connectivity index (χ3n) is 5.70. The molecule has 174 valence electrons. The van der Waals surface area contributed by atoms with Crippen molar-refractivity contribution in [3.05, 3.63) is 82.0 Å². The van der Waals surface area contributed by atoms with Crippen molar-refractivity contribution < 1.29 is 17.9 Å². The minimum absolute atomic E-state index is 0.0948. The first-order valence-corrected chi connectivity index (χ1v) is 12.8. The molecule has 8 nitrogen and oxygen atoms in total. The standard InChI is InChI=1S/C24H21N3O5S2/c1-15-7-10-17(11-8-15)34(30,31)27-14-21(32-20-6-4-3-5-18(20)27)23(28)25-16-9-12-19-22(13-16)33-24(29)26(19)2/h3-13,21H,14H2,1-2H3,(H,25,28). The van der Waals surface area contributed by atoms with Crippen molar-refractivity contribution in [2.24, 2.45) is 7.05 Å². The van der Waals surface area contributed by atoms with Gasteiger partial charge in [-0.05, 0) is 49.4 Å². The predicted molar refractivity (Wildman–Crippen MR) is 132 cm³/mol. The van der Waals surface area contributed by atoms with E-state index in [0.29, 0.717) is 17.1 Å². The Kier molecular flexibility index (Phi) is 5.41. The molecule has 1 aliphatic heterocycles. The van der Waals surface area contributed by atoms with Crippen LogP contribution in [0.1, 0.15) is 5.56 Å². The Morgan fingerprint density at radius 1 is 1.09 bits per heavy atom. The van der Waals surface area contributed by atoms with E-state index < -0.39 is 22.0 Å². The summed E-state index contributed by atoms with van der Waals surface area (Å²) in [7, 11) is -2.23. The van der Waals surface area contributed by atoms with Crippen LogP contribution in [0.2, 0.25) is 0 Å². The van der Waals surface area contributed by atoms with Gasteiger partial charge in [-0.15, -0.1) is 0 Å². The van der Waals surface area contributed by atoms with Crippen LogP contribution in [0, 0.1) is 6.92 Å². The molecule has 4 aromatic rings. The van der Waals surface area contributed by atoms with Crippen LogP contribution >= 0.6 is 11.3 Å². The Balaban J connectivity index is 1.45. The molecule has 34 heavy (non-hydrogen) atoms. The number of para-hydroxylation sites is 2. The summed E-state index contributed by atoms with van der Waals surface area (Å²) in [4.78, 5) is 25.1. The Hall–Kier alpha value is -3.63. The van der Waals surface area contributed by atoms with Crippen LogP contribution in [0.15, 0.2) is 76.4 Å². The molecule has 0 saturated heterocycles. The number of rotatable bonds is 4. The van der Waals surface area contributed by atoms with Gasteiger partial charge in [0.15, 0.2) is 6.10 Å². The maximum atomic E-state index is 13.5. The van der Waals surface area contributed by atoms with Crippen molar-refractivity contribution in [1.82, 2.24) is 4.57 Å². The van der Waals surface area contributed by atoms with E-state index in [0.717, 1.165) is 27.1 Å². The molecular formula is C24H21N3O5S2. The fourth-order valence-corrected chi connectivity index (χ4v) is 6.23. The lowest BCUT2D eigenvalue weighted by molar-refractivity contribution is -0.122. The summed E-state index contributed by atoms with van der Waals surface area (Å²) in [6, 6.07) is 18.5. The van der Waals surface area contributed by atoms with Crippen molar-refractivity contribution in [3.63, 3.8) is 0 Å². The van der Waals surface area contributed by atoms with Gasteiger partial charge in [0, 0.05) is 12.7 Å². The van der Waals surface area contributed by atoms with Gasteiger partial charge in [0.05, 0.1) is 27.3 Å². The maximum Gasteiger partial charge on any atom is 0.307 e. The maximum absolute atomic E-state index is 13.5. The summed E-state index contributed by atoms with van der Waals surface area (Å²) in [5.41, 5.74) is 2.59. The first kappa shape index (κ1) is 22.2. The molecule has 1 amide bonds. The van der Waals surface area contributed by atoms with Crippen LogP contribution in [0.3, 0.4) is 0 Å². The van der Waals surface area contributed by atoms with Gasteiger partial charge in [0.25, 0.3) is 15.9 Å². The molecule has 10 heteroatoms. The van der Waals surface area contributed by atoms with Crippen LogP contribution in [0.5, 0.6) is 5.75 Å². The number of nitrogens with zero attached hydrogens (tertiary/aromatic N) is 2. The molecule has 0 spiro atoms. The molecule has 1 unspecified atom stereocenters. The lowest BCUT2D eigenvalue weighted by Crippen LogP contribution is -2.48. The summed E-state index contributed by atoms with van der Waals surface area (Å²) in [6.45, 7) is 1.70. The number of ether oxygens (including phenoxy) is 1. The van der Waals surface area contributed by atoms with Crippen LogP contribution in [0.4, 0.5) is 11.4 Å². The smallest absolute Gasteiger partial charge is 0.307 e. The summed E-state index contributed by atoms with van der Waals surface area (Å²) >= 11 is 1.09. The first-order chi connectivity index (χ1) is 16.2. The molecule has 0 fully saturated rings. The second kappa shape index (κ2) is 8.30. The highest BCUT2D eigenvalue weighted by molar-refractivity contribution is 7.92. The van der Waals surface area contributed by atoms with Crippen LogP contribution in [-0.4, -0.2) is 31.5 Å². The minimum Gasteiger partial charge on any atom is -0.476 e. The molecule has 0 aliphatic carbocycles. The van der Waals surface area contributed by atoms with Crippen LogP contribution in [0.25, 0.3) is 10.2 Å². The van der Waals surface area contributed by atoms with Gasteiger partial charge in [-0.1, -0.05) is 41.2 Å². The number of thiazole rings is 1. The Morgan fingerprint density at radius 2 is 1.82 bits per heavy atom. The van der Waals surface area contributed by atoms with Gasteiger partial charge in [-0.2, -0.15) is 0 Å². The fraction of sp³-hybridized carbons (Fsp3) is 0.167. The first-order valence-electron chi connectivity index (χ1n) is 10.5. The average molecular weight is 496 g/mol. The number of hydrogen-bond acceptors (Lipinski definition) is 6. The fourth-order valence-electron chi connectivity index (χ4n) is 3.84. The van der Waals surface area contributed by atoms with E-state index in [2.05, 4.69) is 5.32 Å². The third kappa shape index (κ3) is 3.84. The molecule has 1 aliphatic rings. The van der Waals surface area contributed by atoms with E-state index in [1.165, 1.54) is 4.31 Å². The number of aromatic nitrogens is 1. The quantitative estimate of drug-likeness (QED) is 0.467. The van der Waals surface area contributed by atoms with E-state index in [1.54, 1.807) is 78.3 Å². The number of carbonyl (C=O) groups excluding carboxylic acids is 1. The Bertz CT molecular complexity index is 1570. The number of anilines is 2. The largest absolute Gasteiger partial charge is 0.476 e. The molecule has 1 N–H and O–H groups in total. The van der Waals surface area contributed by atoms with E-state index in [4.69, 9.17) is 4.74 Å². The molecule has 0 radical (unpaired) electrons. The van der Waals surface area contributed by atoms with Crippen molar-refractivity contribution in [1.29, 1.82) is 0 Å². The Labute approximate surface area is 200 Å². The molecule has 0 saturated carbocycles. The van der Waals surface area contributed by atoms with E-state index in [1.807, 2.05) is 6.92 Å². The predicted octanol–water partition coefficient (Wildman–Crippen LogP) is 3.50. The summed E-state index contributed by atoms with van der Waals surface area (Å²) < 4.78 is 36.3. The lowest BCUT2D eigenvalue weighted by Gasteiger charge is -2.34.